The lowest BCUT2D eigenvalue weighted by Gasteiger charge is -2.32. The summed E-state index contributed by atoms with van der Waals surface area (Å²) in [6, 6.07) is 9.10. The standard InChI is InChI=1S/C21H34N4OS/c1-23-11-13-25(14-12-23)16-18-9-7-17(8-10-18)15-22-21(26)24(2)19-5-4-6-20(19)27-3/h7-10,19-20H,4-6,11-16H2,1-3H3,(H,22,26)/t19-,20-/m1/s1. The molecule has 1 heterocycles. The van der Waals surface area contributed by atoms with Gasteiger partial charge in [0.25, 0.3) is 0 Å². The van der Waals surface area contributed by atoms with Crippen LogP contribution in [0.2, 0.25) is 0 Å². The van der Waals surface area contributed by atoms with Gasteiger partial charge in [0, 0.05) is 57.6 Å². The van der Waals surface area contributed by atoms with Crippen molar-refractivity contribution in [3.63, 3.8) is 0 Å². The molecule has 5 nitrogen and oxygen atoms in total. The highest BCUT2D eigenvalue weighted by atomic mass is 32.2. The molecular formula is C21H34N4OS. The lowest BCUT2D eigenvalue weighted by atomic mass is 10.1. The zero-order valence-corrected chi connectivity index (χ0v) is 17.8. The molecule has 2 fully saturated rings. The Balaban J connectivity index is 1.45. The molecule has 2 aliphatic rings. The molecule has 0 spiro atoms. The van der Waals surface area contributed by atoms with E-state index in [0.29, 0.717) is 17.8 Å². The summed E-state index contributed by atoms with van der Waals surface area (Å²) in [5.74, 6) is 0. The van der Waals surface area contributed by atoms with Crippen molar-refractivity contribution in [2.24, 2.45) is 0 Å². The third-order valence-electron chi connectivity index (χ3n) is 6.01. The molecule has 3 rings (SSSR count). The van der Waals surface area contributed by atoms with Gasteiger partial charge in [0.05, 0.1) is 0 Å². The summed E-state index contributed by atoms with van der Waals surface area (Å²) in [5, 5.41) is 3.67. The molecule has 1 N–H and O–H groups in total. The zero-order valence-electron chi connectivity index (χ0n) is 17.0. The molecule has 0 aromatic heterocycles. The Hall–Kier alpha value is -1.24. The number of nitrogens with one attached hydrogen (secondary N) is 1. The first-order valence-corrected chi connectivity index (χ1v) is 11.4. The molecule has 0 radical (unpaired) electrons. The number of amides is 2. The lowest BCUT2D eigenvalue weighted by Crippen LogP contribution is -2.45. The second-order valence-electron chi connectivity index (χ2n) is 7.94. The van der Waals surface area contributed by atoms with Gasteiger partial charge in [-0.3, -0.25) is 4.90 Å². The fourth-order valence-electron chi connectivity index (χ4n) is 4.10. The van der Waals surface area contributed by atoms with Crippen molar-refractivity contribution in [1.82, 2.24) is 20.0 Å². The van der Waals surface area contributed by atoms with E-state index in [1.54, 1.807) is 0 Å². The Labute approximate surface area is 168 Å². The topological polar surface area (TPSA) is 38.8 Å². The van der Waals surface area contributed by atoms with Crippen LogP contribution in [-0.2, 0) is 13.1 Å². The van der Waals surface area contributed by atoms with E-state index in [9.17, 15) is 4.79 Å². The van der Waals surface area contributed by atoms with E-state index in [1.165, 1.54) is 18.4 Å². The maximum atomic E-state index is 12.5. The normalized spacial score (nSPS) is 24.1. The maximum absolute atomic E-state index is 12.5. The van der Waals surface area contributed by atoms with Crippen molar-refractivity contribution in [2.75, 3.05) is 46.5 Å². The number of hydrogen-bond donors (Lipinski definition) is 1. The predicted molar refractivity (Wildman–Crippen MR) is 114 cm³/mol. The molecule has 1 aromatic carbocycles. The molecule has 1 saturated heterocycles. The Morgan fingerprint density at radius 3 is 2.48 bits per heavy atom. The summed E-state index contributed by atoms with van der Waals surface area (Å²) < 4.78 is 0. The van der Waals surface area contributed by atoms with E-state index >= 15 is 0 Å². The molecule has 0 unspecified atom stereocenters. The van der Waals surface area contributed by atoms with Crippen molar-refractivity contribution < 1.29 is 4.79 Å². The van der Waals surface area contributed by atoms with Crippen molar-refractivity contribution >= 4 is 17.8 Å². The summed E-state index contributed by atoms with van der Waals surface area (Å²) >= 11 is 1.89. The van der Waals surface area contributed by atoms with Crippen LogP contribution in [0, 0.1) is 0 Å². The molecular weight excluding hydrogens is 356 g/mol. The average Bonchev–Trinajstić information content (AvgIpc) is 3.17. The third-order valence-corrected chi connectivity index (χ3v) is 7.16. The molecule has 0 bridgehead atoms. The van der Waals surface area contributed by atoms with Gasteiger partial charge in [-0.2, -0.15) is 11.8 Å². The maximum Gasteiger partial charge on any atom is 0.317 e. The fourth-order valence-corrected chi connectivity index (χ4v) is 5.14. The Morgan fingerprint density at radius 2 is 1.81 bits per heavy atom. The number of nitrogens with zero attached hydrogens (tertiary/aromatic N) is 3. The number of hydrogen-bond acceptors (Lipinski definition) is 4. The van der Waals surface area contributed by atoms with E-state index in [-0.39, 0.29) is 6.03 Å². The van der Waals surface area contributed by atoms with Gasteiger partial charge < -0.3 is 15.1 Å². The number of carbonyl (C=O) groups excluding carboxylic acids is 1. The monoisotopic (exact) mass is 390 g/mol. The number of urea groups is 1. The summed E-state index contributed by atoms with van der Waals surface area (Å²) in [4.78, 5) is 19.3. The Morgan fingerprint density at radius 1 is 1.15 bits per heavy atom. The van der Waals surface area contributed by atoms with Crippen LogP contribution in [0.15, 0.2) is 24.3 Å². The van der Waals surface area contributed by atoms with Gasteiger partial charge in [0.15, 0.2) is 0 Å². The number of benzene rings is 1. The first-order valence-electron chi connectivity index (χ1n) is 10.1. The minimum absolute atomic E-state index is 0.0439. The van der Waals surface area contributed by atoms with Crippen LogP contribution < -0.4 is 5.32 Å². The first kappa shape index (κ1) is 20.5. The Bertz CT molecular complexity index is 601. The first-order chi connectivity index (χ1) is 13.1. The molecule has 6 heteroatoms. The summed E-state index contributed by atoms with van der Waals surface area (Å²) in [7, 11) is 4.12. The molecule has 1 aliphatic heterocycles. The average molecular weight is 391 g/mol. The number of thioether (sulfide) groups is 1. The van der Waals surface area contributed by atoms with Gasteiger partial charge in [-0.05, 0) is 37.3 Å². The summed E-state index contributed by atoms with van der Waals surface area (Å²) in [6.07, 6.45) is 5.72. The van der Waals surface area contributed by atoms with Gasteiger partial charge in [-0.1, -0.05) is 30.7 Å². The van der Waals surface area contributed by atoms with Crippen LogP contribution >= 0.6 is 11.8 Å². The largest absolute Gasteiger partial charge is 0.334 e. The van der Waals surface area contributed by atoms with Gasteiger partial charge in [0.1, 0.15) is 0 Å². The third kappa shape index (κ3) is 5.62. The second-order valence-corrected chi connectivity index (χ2v) is 9.01. The van der Waals surface area contributed by atoms with Gasteiger partial charge in [-0.15, -0.1) is 0 Å². The van der Waals surface area contributed by atoms with E-state index in [2.05, 4.69) is 52.7 Å². The molecule has 2 amide bonds. The fraction of sp³-hybridized carbons (Fsp3) is 0.667. The number of carbonyl (C=O) groups is 1. The Kier molecular flexibility index (Phi) is 7.44. The highest BCUT2D eigenvalue weighted by Gasteiger charge is 2.31. The van der Waals surface area contributed by atoms with Crippen LogP contribution in [0.5, 0.6) is 0 Å². The van der Waals surface area contributed by atoms with Crippen LogP contribution in [-0.4, -0.2) is 78.6 Å². The van der Waals surface area contributed by atoms with Crippen molar-refractivity contribution in [2.45, 2.75) is 43.6 Å². The van der Waals surface area contributed by atoms with E-state index in [1.807, 2.05) is 23.7 Å². The minimum Gasteiger partial charge on any atom is -0.334 e. The van der Waals surface area contributed by atoms with E-state index < -0.39 is 0 Å². The van der Waals surface area contributed by atoms with E-state index in [0.717, 1.165) is 44.7 Å². The van der Waals surface area contributed by atoms with Crippen LogP contribution in [0.25, 0.3) is 0 Å². The van der Waals surface area contributed by atoms with Crippen LogP contribution in [0.4, 0.5) is 4.79 Å². The van der Waals surface area contributed by atoms with Crippen molar-refractivity contribution in [1.29, 1.82) is 0 Å². The number of likely N-dealkylation sites (N-methyl/N-ethyl adjacent to an activating group) is 1. The van der Waals surface area contributed by atoms with Crippen LogP contribution in [0.1, 0.15) is 30.4 Å². The second kappa shape index (κ2) is 9.80. The number of piperazine rings is 1. The quantitative estimate of drug-likeness (QED) is 0.811. The highest BCUT2D eigenvalue weighted by molar-refractivity contribution is 7.99. The number of rotatable bonds is 6. The SMILES string of the molecule is CS[C@@H]1CCC[C@H]1N(C)C(=O)NCc1ccc(CN2CCN(C)CC2)cc1. The molecule has 150 valence electrons. The predicted octanol–water partition coefficient (Wildman–Crippen LogP) is 2.86. The summed E-state index contributed by atoms with van der Waals surface area (Å²) in [5.41, 5.74) is 2.51. The smallest absolute Gasteiger partial charge is 0.317 e. The zero-order chi connectivity index (χ0) is 19.2. The van der Waals surface area contributed by atoms with Gasteiger partial charge >= 0.3 is 6.03 Å². The van der Waals surface area contributed by atoms with Crippen LogP contribution in [0.3, 0.4) is 0 Å². The molecule has 1 saturated carbocycles. The molecule has 1 aliphatic carbocycles. The molecule has 27 heavy (non-hydrogen) atoms. The van der Waals surface area contributed by atoms with Gasteiger partial charge in [-0.25, -0.2) is 4.79 Å². The lowest BCUT2D eigenvalue weighted by molar-refractivity contribution is 0.148. The summed E-state index contributed by atoms with van der Waals surface area (Å²) in [6.45, 7) is 6.18. The highest BCUT2D eigenvalue weighted by Crippen LogP contribution is 2.31. The van der Waals surface area contributed by atoms with Crippen molar-refractivity contribution in [3.05, 3.63) is 35.4 Å². The molecule has 1 aromatic rings. The minimum atomic E-state index is 0.0439. The molecule has 2 atom stereocenters. The van der Waals surface area contributed by atoms with Gasteiger partial charge in [0.2, 0.25) is 0 Å². The van der Waals surface area contributed by atoms with E-state index in [4.69, 9.17) is 0 Å². The van der Waals surface area contributed by atoms with Crippen molar-refractivity contribution in [3.8, 4) is 0 Å².